The first kappa shape index (κ1) is 21.6. The summed E-state index contributed by atoms with van der Waals surface area (Å²) < 4.78 is 38.9. The summed E-state index contributed by atoms with van der Waals surface area (Å²) in [5.41, 5.74) is 0.914. The van der Waals surface area contributed by atoms with Crippen molar-refractivity contribution in [3.05, 3.63) is 94.8 Å². The van der Waals surface area contributed by atoms with Gasteiger partial charge in [-0.15, -0.1) is 0 Å². The highest BCUT2D eigenvalue weighted by Crippen LogP contribution is 2.30. The molecular weight excluding hydrogens is 415 g/mol. The molecule has 0 aliphatic carbocycles. The number of anilines is 1. The van der Waals surface area contributed by atoms with Crippen molar-refractivity contribution in [3.8, 4) is 0 Å². The number of amides is 2. The van der Waals surface area contributed by atoms with Crippen molar-refractivity contribution in [2.75, 3.05) is 11.9 Å². The van der Waals surface area contributed by atoms with Crippen molar-refractivity contribution in [2.45, 2.75) is 19.1 Å². The van der Waals surface area contributed by atoms with E-state index in [1.54, 1.807) is 36.5 Å². The second-order valence-electron chi connectivity index (χ2n) is 6.63. The van der Waals surface area contributed by atoms with Crippen molar-refractivity contribution in [1.82, 2.24) is 9.88 Å². The molecule has 0 aliphatic rings. The smallest absolute Gasteiger partial charge is 0.320 e. The summed E-state index contributed by atoms with van der Waals surface area (Å²) in [7, 11) is 0. The van der Waals surface area contributed by atoms with Crippen molar-refractivity contribution < 1.29 is 18.0 Å². The first-order chi connectivity index (χ1) is 14.3. The van der Waals surface area contributed by atoms with Gasteiger partial charge in [0.25, 0.3) is 0 Å². The zero-order valence-corrected chi connectivity index (χ0v) is 16.6. The maximum atomic E-state index is 13.0. The van der Waals surface area contributed by atoms with E-state index in [0.717, 1.165) is 23.4 Å². The van der Waals surface area contributed by atoms with Crippen LogP contribution in [0, 0.1) is 0 Å². The lowest BCUT2D eigenvalue weighted by molar-refractivity contribution is -0.137. The lowest BCUT2D eigenvalue weighted by Crippen LogP contribution is -2.36. The predicted molar refractivity (Wildman–Crippen MR) is 110 cm³/mol. The molecule has 0 radical (unpaired) electrons. The molecule has 30 heavy (non-hydrogen) atoms. The zero-order chi connectivity index (χ0) is 21.6. The largest absolute Gasteiger partial charge is 0.416 e. The normalized spacial score (nSPS) is 11.2. The van der Waals surface area contributed by atoms with Crippen LogP contribution in [0.3, 0.4) is 0 Å². The number of nitrogens with zero attached hydrogens (tertiary/aromatic N) is 2. The van der Waals surface area contributed by atoms with Crippen LogP contribution in [0.1, 0.15) is 16.8 Å². The maximum Gasteiger partial charge on any atom is 0.416 e. The van der Waals surface area contributed by atoms with E-state index in [1.165, 1.54) is 17.0 Å². The average molecular weight is 434 g/mol. The third-order valence-corrected chi connectivity index (χ3v) is 4.63. The van der Waals surface area contributed by atoms with Crippen molar-refractivity contribution in [2.24, 2.45) is 0 Å². The number of carbonyl (C=O) groups is 1. The molecule has 1 heterocycles. The van der Waals surface area contributed by atoms with Gasteiger partial charge in [-0.3, -0.25) is 4.98 Å². The Kier molecular flexibility index (Phi) is 6.95. The Bertz CT molecular complexity index is 979. The number of alkyl halides is 3. The summed E-state index contributed by atoms with van der Waals surface area (Å²) >= 11 is 5.92. The minimum Gasteiger partial charge on any atom is -0.320 e. The van der Waals surface area contributed by atoms with E-state index >= 15 is 0 Å². The first-order valence-electron chi connectivity index (χ1n) is 9.19. The van der Waals surface area contributed by atoms with Gasteiger partial charge in [-0.25, -0.2) is 4.79 Å². The molecule has 8 heteroatoms. The summed E-state index contributed by atoms with van der Waals surface area (Å²) in [6.07, 6.45) is -2.31. The van der Waals surface area contributed by atoms with Crippen LogP contribution < -0.4 is 5.32 Å². The molecule has 156 valence electrons. The van der Waals surface area contributed by atoms with Crippen LogP contribution in [0.5, 0.6) is 0 Å². The van der Waals surface area contributed by atoms with Gasteiger partial charge in [-0.05, 0) is 48.0 Å². The summed E-state index contributed by atoms with van der Waals surface area (Å²) in [6.45, 7) is 0.610. The molecule has 4 nitrogen and oxygen atoms in total. The fourth-order valence-corrected chi connectivity index (χ4v) is 2.96. The average Bonchev–Trinajstić information content (AvgIpc) is 2.73. The monoisotopic (exact) mass is 433 g/mol. The second-order valence-corrected chi connectivity index (χ2v) is 7.06. The standard InChI is InChI=1S/C22H19ClF3N3O/c23-18-9-7-16(8-10-18)15-29(13-11-19-5-1-2-12-27-19)21(30)28-20-6-3-4-17(14-20)22(24,25)26/h1-10,12,14H,11,13,15H2,(H,28,30). The molecule has 0 unspecified atom stereocenters. The van der Waals surface area contributed by atoms with Crippen molar-refractivity contribution in [3.63, 3.8) is 0 Å². The van der Waals surface area contributed by atoms with E-state index in [1.807, 2.05) is 12.1 Å². The first-order valence-corrected chi connectivity index (χ1v) is 9.56. The minimum atomic E-state index is -4.48. The highest BCUT2D eigenvalue weighted by molar-refractivity contribution is 6.30. The highest BCUT2D eigenvalue weighted by atomic mass is 35.5. The summed E-state index contributed by atoms with van der Waals surface area (Å²) in [5, 5.41) is 3.14. The van der Waals surface area contributed by atoms with E-state index in [0.29, 0.717) is 18.0 Å². The minimum absolute atomic E-state index is 0.0776. The molecule has 1 aromatic heterocycles. The van der Waals surface area contributed by atoms with Gasteiger partial charge in [0, 0.05) is 42.1 Å². The van der Waals surface area contributed by atoms with Gasteiger partial charge in [-0.1, -0.05) is 35.9 Å². The van der Waals surface area contributed by atoms with Crippen LogP contribution in [-0.4, -0.2) is 22.5 Å². The van der Waals surface area contributed by atoms with Crippen LogP contribution in [0.15, 0.2) is 72.9 Å². The summed E-state index contributed by atoms with van der Waals surface area (Å²) in [4.78, 5) is 18.6. The number of nitrogens with one attached hydrogen (secondary N) is 1. The van der Waals surface area contributed by atoms with Crippen molar-refractivity contribution >= 4 is 23.3 Å². The van der Waals surface area contributed by atoms with Gasteiger partial charge in [-0.2, -0.15) is 13.2 Å². The molecule has 3 rings (SSSR count). The fourth-order valence-electron chi connectivity index (χ4n) is 2.83. The van der Waals surface area contributed by atoms with E-state index in [-0.39, 0.29) is 12.2 Å². The maximum absolute atomic E-state index is 13.0. The molecule has 0 saturated heterocycles. The predicted octanol–water partition coefficient (Wildman–Crippen LogP) is 6.03. The Balaban J connectivity index is 1.75. The van der Waals surface area contributed by atoms with Crippen LogP contribution in [-0.2, 0) is 19.1 Å². The van der Waals surface area contributed by atoms with Gasteiger partial charge in [0.15, 0.2) is 0 Å². The molecule has 3 aromatic rings. The van der Waals surface area contributed by atoms with Gasteiger partial charge < -0.3 is 10.2 Å². The molecule has 0 aliphatic heterocycles. The number of halogens is 4. The molecule has 0 spiro atoms. The van der Waals surface area contributed by atoms with Gasteiger partial charge in [0.05, 0.1) is 5.56 Å². The van der Waals surface area contributed by atoms with Gasteiger partial charge in [0.2, 0.25) is 0 Å². The van der Waals surface area contributed by atoms with Crippen molar-refractivity contribution in [1.29, 1.82) is 0 Å². The number of urea groups is 1. The summed E-state index contributed by atoms with van der Waals surface area (Å²) in [5.74, 6) is 0. The Morgan fingerprint density at radius 3 is 2.47 bits per heavy atom. The number of hydrogen-bond donors (Lipinski definition) is 1. The van der Waals surface area contributed by atoms with Crippen LogP contribution >= 0.6 is 11.6 Å². The Labute approximate surface area is 177 Å². The Hall–Kier alpha value is -3.06. The number of hydrogen-bond acceptors (Lipinski definition) is 2. The molecule has 0 fully saturated rings. The highest BCUT2D eigenvalue weighted by Gasteiger charge is 2.30. The summed E-state index contributed by atoms with van der Waals surface area (Å²) in [6, 6.07) is 16.6. The number of aromatic nitrogens is 1. The van der Waals surface area contributed by atoms with Crippen LogP contribution in [0.25, 0.3) is 0 Å². The van der Waals surface area contributed by atoms with Gasteiger partial charge in [0.1, 0.15) is 0 Å². The lowest BCUT2D eigenvalue weighted by atomic mass is 10.2. The quantitative estimate of drug-likeness (QED) is 0.515. The molecule has 2 aromatic carbocycles. The Morgan fingerprint density at radius 2 is 1.80 bits per heavy atom. The lowest BCUT2D eigenvalue weighted by Gasteiger charge is -2.23. The second kappa shape index (κ2) is 9.63. The van der Waals surface area contributed by atoms with E-state index in [2.05, 4.69) is 10.3 Å². The number of pyridine rings is 1. The van der Waals surface area contributed by atoms with Gasteiger partial charge >= 0.3 is 12.2 Å². The van der Waals surface area contributed by atoms with Crippen LogP contribution in [0.2, 0.25) is 5.02 Å². The van der Waals surface area contributed by atoms with E-state index in [9.17, 15) is 18.0 Å². The molecule has 2 amide bonds. The topological polar surface area (TPSA) is 45.2 Å². The molecule has 0 saturated carbocycles. The van der Waals surface area contributed by atoms with E-state index in [4.69, 9.17) is 11.6 Å². The third kappa shape index (κ3) is 6.22. The fraction of sp³-hybridized carbons (Fsp3) is 0.182. The third-order valence-electron chi connectivity index (χ3n) is 4.38. The number of carbonyl (C=O) groups excluding carboxylic acids is 1. The van der Waals surface area contributed by atoms with Crippen LogP contribution in [0.4, 0.5) is 23.7 Å². The molecule has 0 bridgehead atoms. The molecule has 1 N–H and O–H groups in total. The Morgan fingerprint density at radius 1 is 1.03 bits per heavy atom. The van der Waals surface area contributed by atoms with E-state index < -0.39 is 17.8 Å². The number of benzene rings is 2. The molecule has 0 atom stereocenters. The SMILES string of the molecule is O=C(Nc1cccc(C(F)(F)F)c1)N(CCc1ccccn1)Cc1ccc(Cl)cc1. The number of rotatable bonds is 6. The molecular formula is C22H19ClF3N3O. The zero-order valence-electron chi connectivity index (χ0n) is 15.9.